The highest BCUT2D eigenvalue weighted by Crippen LogP contribution is 2.32. The van der Waals surface area contributed by atoms with Gasteiger partial charge in [0.2, 0.25) is 0 Å². The minimum absolute atomic E-state index is 0.197. The van der Waals surface area contributed by atoms with Crippen LogP contribution in [0.2, 0.25) is 0 Å². The molecule has 1 aliphatic heterocycles. The number of hydrogen-bond donors (Lipinski definition) is 0. The maximum atomic E-state index is 11.3. The second-order valence-corrected chi connectivity index (χ2v) is 6.80. The smallest absolute Gasteiger partial charge is 0.0672 e. The maximum Gasteiger partial charge on any atom is 0.0672 e. The van der Waals surface area contributed by atoms with Gasteiger partial charge < -0.3 is 0 Å². The summed E-state index contributed by atoms with van der Waals surface area (Å²) in [6.45, 7) is 4.12. The molecule has 0 aromatic rings. The molecule has 4 heteroatoms. The fourth-order valence-corrected chi connectivity index (χ4v) is 3.97. The third-order valence-electron chi connectivity index (χ3n) is 3.93. The predicted molar refractivity (Wildman–Crippen MR) is 65.4 cm³/mol. The first-order valence-electron chi connectivity index (χ1n) is 6.19. The zero-order valence-corrected chi connectivity index (χ0v) is 10.7. The van der Waals surface area contributed by atoms with E-state index in [-0.39, 0.29) is 5.92 Å². The van der Waals surface area contributed by atoms with E-state index in [2.05, 4.69) is 17.9 Å². The second kappa shape index (κ2) is 5.29. The van der Waals surface area contributed by atoms with E-state index in [0.29, 0.717) is 6.04 Å². The SMILES string of the molecule is CC1CCC(C#N)C(N2CCS(=O)CC2)C1. The Morgan fingerprint density at radius 3 is 2.62 bits per heavy atom. The largest absolute Gasteiger partial charge is 0.297 e. The Morgan fingerprint density at radius 1 is 1.31 bits per heavy atom. The van der Waals surface area contributed by atoms with Crippen LogP contribution in [0.15, 0.2) is 0 Å². The highest BCUT2D eigenvalue weighted by Gasteiger charge is 2.34. The summed E-state index contributed by atoms with van der Waals surface area (Å²) in [5.41, 5.74) is 0. The van der Waals surface area contributed by atoms with Gasteiger partial charge in [0, 0.05) is 41.4 Å². The minimum Gasteiger partial charge on any atom is -0.297 e. The summed E-state index contributed by atoms with van der Waals surface area (Å²) in [5.74, 6) is 2.52. The predicted octanol–water partition coefficient (Wildman–Crippen LogP) is 1.38. The molecular formula is C12H20N2OS. The number of nitriles is 1. The molecule has 2 aliphatic rings. The molecule has 2 fully saturated rings. The van der Waals surface area contributed by atoms with Crippen LogP contribution in [-0.4, -0.2) is 39.7 Å². The van der Waals surface area contributed by atoms with Crippen molar-refractivity contribution < 1.29 is 4.21 Å². The van der Waals surface area contributed by atoms with E-state index < -0.39 is 10.8 Å². The van der Waals surface area contributed by atoms with Crippen molar-refractivity contribution in [2.24, 2.45) is 11.8 Å². The van der Waals surface area contributed by atoms with Crippen LogP contribution in [-0.2, 0) is 10.8 Å². The Bertz CT molecular complexity index is 303. The molecule has 16 heavy (non-hydrogen) atoms. The molecule has 3 unspecified atom stereocenters. The van der Waals surface area contributed by atoms with E-state index >= 15 is 0 Å². The molecule has 0 radical (unpaired) electrons. The molecule has 0 amide bonds. The van der Waals surface area contributed by atoms with Gasteiger partial charge in [0.05, 0.1) is 12.0 Å². The average Bonchev–Trinajstić information content (AvgIpc) is 2.30. The van der Waals surface area contributed by atoms with E-state index in [1.54, 1.807) is 0 Å². The molecular weight excluding hydrogens is 220 g/mol. The van der Waals surface area contributed by atoms with E-state index in [1.165, 1.54) is 6.42 Å². The Kier molecular flexibility index (Phi) is 3.99. The summed E-state index contributed by atoms with van der Waals surface area (Å²) in [7, 11) is -0.612. The van der Waals surface area contributed by atoms with Crippen LogP contribution in [0.25, 0.3) is 0 Å². The number of nitrogens with zero attached hydrogens (tertiary/aromatic N) is 2. The fraction of sp³-hybridized carbons (Fsp3) is 0.917. The summed E-state index contributed by atoms with van der Waals surface area (Å²) in [6, 6.07) is 2.89. The molecule has 2 rings (SSSR count). The number of hydrogen-bond acceptors (Lipinski definition) is 3. The van der Waals surface area contributed by atoms with Gasteiger partial charge in [-0.3, -0.25) is 9.11 Å². The van der Waals surface area contributed by atoms with Crippen molar-refractivity contribution in [3.63, 3.8) is 0 Å². The average molecular weight is 240 g/mol. The van der Waals surface area contributed by atoms with Crippen molar-refractivity contribution in [3.8, 4) is 6.07 Å². The Balaban J connectivity index is 2.00. The van der Waals surface area contributed by atoms with Gasteiger partial charge in [0.25, 0.3) is 0 Å². The summed E-state index contributed by atoms with van der Waals surface area (Å²) in [6.07, 6.45) is 3.38. The first-order chi connectivity index (χ1) is 7.70. The van der Waals surface area contributed by atoms with Gasteiger partial charge in [-0.1, -0.05) is 6.92 Å². The first-order valence-corrected chi connectivity index (χ1v) is 7.68. The van der Waals surface area contributed by atoms with Crippen molar-refractivity contribution in [2.75, 3.05) is 24.6 Å². The zero-order chi connectivity index (χ0) is 11.5. The van der Waals surface area contributed by atoms with E-state index in [9.17, 15) is 9.47 Å². The van der Waals surface area contributed by atoms with Gasteiger partial charge in [0.15, 0.2) is 0 Å². The van der Waals surface area contributed by atoms with Crippen molar-refractivity contribution in [2.45, 2.75) is 32.2 Å². The molecule has 3 nitrogen and oxygen atoms in total. The fourth-order valence-electron chi connectivity index (χ4n) is 2.89. The molecule has 0 aromatic heterocycles. The topological polar surface area (TPSA) is 44.1 Å². The summed E-state index contributed by atoms with van der Waals surface area (Å²) < 4.78 is 11.3. The lowest BCUT2D eigenvalue weighted by molar-refractivity contribution is 0.115. The van der Waals surface area contributed by atoms with Crippen molar-refractivity contribution >= 4 is 10.8 Å². The Labute approximate surface area is 100 Å². The van der Waals surface area contributed by atoms with Crippen LogP contribution in [0.1, 0.15) is 26.2 Å². The molecule has 3 atom stereocenters. The molecule has 1 heterocycles. The van der Waals surface area contributed by atoms with Gasteiger partial charge in [-0.05, 0) is 25.2 Å². The van der Waals surface area contributed by atoms with Gasteiger partial charge >= 0.3 is 0 Å². The molecule has 1 saturated heterocycles. The number of rotatable bonds is 1. The van der Waals surface area contributed by atoms with Crippen molar-refractivity contribution in [3.05, 3.63) is 0 Å². The Hall–Kier alpha value is -0.400. The van der Waals surface area contributed by atoms with Gasteiger partial charge in [0.1, 0.15) is 0 Å². The lowest BCUT2D eigenvalue weighted by atomic mass is 9.79. The van der Waals surface area contributed by atoms with Crippen LogP contribution >= 0.6 is 0 Å². The molecule has 1 saturated carbocycles. The summed E-state index contributed by atoms with van der Waals surface area (Å²) in [5, 5.41) is 9.19. The molecule has 0 aromatic carbocycles. The first kappa shape index (κ1) is 12.1. The third kappa shape index (κ3) is 2.64. The summed E-state index contributed by atoms with van der Waals surface area (Å²) >= 11 is 0. The molecule has 90 valence electrons. The maximum absolute atomic E-state index is 11.3. The van der Waals surface area contributed by atoms with Crippen LogP contribution < -0.4 is 0 Å². The lowest BCUT2D eigenvalue weighted by Gasteiger charge is -2.41. The Morgan fingerprint density at radius 2 is 2.00 bits per heavy atom. The minimum atomic E-state index is -0.612. The van der Waals surface area contributed by atoms with Gasteiger partial charge in [-0.2, -0.15) is 5.26 Å². The van der Waals surface area contributed by atoms with Crippen molar-refractivity contribution in [1.82, 2.24) is 4.90 Å². The van der Waals surface area contributed by atoms with E-state index in [0.717, 1.165) is 43.4 Å². The summed E-state index contributed by atoms with van der Waals surface area (Å²) in [4.78, 5) is 2.41. The lowest BCUT2D eigenvalue weighted by Crippen LogP contribution is -2.49. The molecule has 1 aliphatic carbocycles. The zero-order valence-electron chi connectivity index (χ0n) is 9.89. The molecule has 0 bridgehead atoms. The van der Waals surface area contributed by atoms with Crippen molar-refractivity contribution in [1.29, 1.82) is 5.26 Å². The van der Waals surface area contributed by atoms with Crippen LogP contribution in [0.5, 0.6) is 0 Å². The van der Waals surface area contributed by atoms with Crippen LogP contribution in [0, 0.1) is 23.2 Å². The van der Waals surface area contributed by atoms with Crippen LogP contribution in [0.3, 0.4) is 0 Å². The van der Waals surface area contributed by atoms with Gasteiger partial charge in [-0.25, -0.2) is 0 Å². The highest BCUT2D eigenvalue weighted by atomic mass is 32.2. The highest BCUT2D eigenvalue weighted by molar-refractivity contribution is 7.85. The standard InChI is InChI=1S/C12H20N2OS/c1-10-2-3-11(9-13)12(8-10)14-4-6-16(15)7-5-14/h10-12H,2-8H2,1H3. The molecule has 0 N–H and O–H groups in total. The molecule has 0 spiro atoms. The third-order valence-corrected chi connectivity index (χ3v) is 5.20. The monoisotopic (exact) mass is 240 g/mol. The van der Waals surface area contributed by atoms with Gasteiger partial charge in [-0.15, -0.1) is 0 Å². The second-order valence-electron chi connectivity index (χ2n) is 5.11. The van der Waals surface area contributed by atoms with Crippen LogP contribution in [0.4, 0.5) is 0 Å². The quantitative estimate of drug-likeness (QED) is 0.695. The van der Waals surface area contributed by atoms with E-state index in [4.69, 9.17) is 0 Å². The normalized spacial score (nSPS) is 38.1. The van der Waals surface area contributed by atoms with E-state index in [1.807, 2.05) is 0 Å².